The van der Waals surface area contributed by atoms with Gasteiger partial charge < -0.3 is 5.11 Å². The molecule has 1 N–H and O–H groups in total. The van der Waals surface area contributed by atoms with E-state index in [1.807, 2.05) is 0 Å². The Kier molecular flexibility index (Phi) is 3.00. The molecule has 0 bridgehead atoms. The lowest BCUT2D eigenvalue weighted by Crippen LogP contribution is -2.12. The minimum absolute atomic E-state index is 0.0106. The maximum atomic E-state index is 13.4. The Labute approximate surface area is 87.7 Å². The van der Waals surface area contributed by atoms with E-state index in [1.165, 1.54) is 18.2 Å². The van der Waals surface area contributed by atoms with Gasteiger partial charge in [0.25, 0.3) is 0 Å². The molecule has 1 nitrogen and oxygen atoms in total. The first kappa shape index (κ1) is 10.6. The topological polar surface area (TPSA) is 20.2 Å². The lowest BCUT2D eigenvalue weighted by atomic mass is 9.94. The number of benzene rings is 1. The van der Waals surface area contributed by atoms with E-state index in [0.29, 0.717) is 0 Å². The van der Waals surface area contributed by atoms with Crippen molar-refractivity contribution in [1.29, 1.82) is 0 Å². The molecule has 0 heterocycles. The van der Waals surface area contributed by atoms with Gasteiger partial charge >= 0.3 is 0 Å². The third-order valence-electron chi connectivity index (χ3n) is 3.14. The first-order valence-corrected chi connectivity index (χ1v) is 5.32. The molecule has 1 saturated carbocycles. The fraction of sp³-hybridized carbons (Fsp3) is 0.500. The fourth-order valence-corrected chi connectivity index (χ4v) is 2.30. The fourth-order valence-electron chi connectivity index (χ4n) is 2.30. The van der Waals surface area contributed by atoms with E-state index in [9.17, 15) is 13.9 Å². The normalized spacial score (nSPS) is 19.4. The van der Waals surface area contributed by atoms with Crippen molar-refractivity contribution in [3.8, 4) is 0 Å². The van der Waals surface area contributed by atoms with Gasteiger partial charge in [0.2, 0.25) is 0 Å². The van der Waals surface area contributed by atoms with Gasteiger partial charge in [-0.2, -0.15) is 0 Å². The molecule has 1 fully saturated rings. The second-order valence-corrected chi connectivity index (χ2v) is 4.12. The molecule has 0 radical (unpaired) electrons. The van der Waals surface area contributed by atoms with Crippen molar-refractivity contribution in [3.05, 3.63) is 35.4 Å². The molecular weight excluding hydrogens is 198 g/mol. The van der Waals surface area contributed by atoms with E-state index in [1.54, 1.807) is 0 Å². The Morgan fingerprint density at radius 1 is 1.13 bits per heavy atom. The highest BCUT2D eigenvalue weighted by Gasteiger charge is 2.28. The number of rotatable bonds is 2. The summed E-state index contributed by atoms with van der Waals surface area (Å²) in [5, 5.41) is 9.90. The molecule has 1 aromatic carbocycles. The third-order valence-corrected chi connectivity index (χ3v) is 3.14. The first-order chi connectivity index (χ1) is 7.20. The Morgan fingerprint density at radius 2 is 1.67 bits per heavy atom. The maximum Gasteiger partial charge on any atom is 0.131 e. The zero-order valence-corrected chi connectivity index (χ0v) is 8.42. The van der Waals surface area contributed by atoms with Crippen molar-refractivity contribution >= 4 is 0 Å². The van der Waals surface area contributed by atoms with Gasteiger partial charge in [-0.3, -0.25) is 0 Å². The summed E-state index contributed by atoms with van der Waals surface area (Å²) in [5.41, 5.74) is -0.163. The molecule has 0 amide bonds. The van der Waals surface area contributed by atoms with Crippen molar-refractivity contribution in [1.82, 2.24) is 0 Å². The van der Waals surface area contributed by atoms with Crippen LogP contribution in [0, 0.1) is 17.6 Å². The van der Waals surface area contributed by atoms with Crippen LogP contribution in [0.3, 0.4) is 0 Å². The molecule has 1 aromatic rings. The third kappa shape index (κ3) is 2.02. The van der Waals surface area contributed by atoms with E-state index in [-0.39, 0.29) is 11.5 Å². The molecule has 2 rings (SSSR count). The predicted octanol–water partition coefficient (Wildman–Crippen LogP) is 3.19. The predicted molar refractivity (Wildman–Crippen MR) is 53.3 cm³/mol. The lowest BCUT2D eigenvalue weighted by Gasteiger charge is -2.18. The summed E-state index contributed by atoms with van der Waals surface area (Å²) < 4.78 is 26.7. The SMILES string of the molecule is O[C@@H](c1c(F)cccc1F)C1CCCC1. The second kappa shape index (κ2) is 4.27. The van der Waals surface area contributed by atoms with Gasteiger partial charge in [-0.05, 0) is 30.9 Å². The zero-order chi connectivity index (χ0) is 10.8. The molecular formula is C12H14F2O. The highest BCUT2D eigenvalue weighted by atomic mass is 19.1. The number of aliphatic hydroxyl groups excluding tert-OH is 1. The molecule has 0 saturated heterocycles. The molecule has 15 heavy (non-hydrogen) atoms. The zero-order valence-electron chi connectivity index (χ0n) is 8.42. The monoisotopic (exact) mass is 212 g/mol. The number of hydrogen-bond donors (Lipinski definition) is 1. The molecule has 0 aliphatic heterocycles. The van der Waals surface area contributed by atoms with Crippen LogP contribution in [0.15, 0.2) is 18.2 Å². The van der Waals surface area contributed by atoms with E-state index in [4.69, 9.17) is 0 Å². The molecule has 1 atom stereocenters. The van der Waals surface area contributed by atoms with Gasteiger partial charge in [0.05, 0.1) is 11.7 Å². The summed E-state index contributed by atoms with van der Waals surface area (Å²) >= 11 is 0. The van der Waals surface area contributed by atoms with Crippen LogP contribution in [-0.4, -0.2) is 5.11 Å². The van der Waals surface area contributed by atoms with Crippen LogP contribution >= 0.6 is 0 Å². The van der Waals surface area contributed by atoms with Crippen LogP contribution in [0.4, 0.5) is 8.78 Å². The summed E-state index contributed by atoms with van der Waals surface area (Å²) in [7, 11) is 0. The highest BCUT2D eigenvalue weighted by Crippen LogP contribution is 2.37. The molecule has 0 aromatic heterocycles. The Morgan fingerprint density at radius 3 is 2.20 bits per heavy atom. The van der Waals surface area contributed by atoms with Crippen LogP contribution in [0.25, 0.3) is 0 Å². The van der Waals surface area contributed by atoms with Gasteiger partial charge in [0.15, 0.2) is 0 Å². The van der Waals surface area contributed by atoms with Gasteiger partial charge in [-0.1, -0.05) is 18.9 Å². The van der Waals surface area contributed by atoms with Gasteiger partial charge in [0, 0.05) is 0 Å². The standard InChI is InChI=1S/C12H14F2O/c13-9-6-3-7-10(14)11(9)12(15)8-4-1-2-5-8/h3,6-8,12,15H,1-2,4-5H2/t12-/m1/s1. The number of halogens is 2. The Bertz CT molecular complexity index is 325. The maximum absolute atomic E-state index is 13.4. The van der Waals surface area contributed by atoms with E-state index >= 15 is 0 Å². The molecule has 82 valence electrons. The average molecular weight is 212 g/mol. The van der Waals surface area contributed by atoms with Crippen LogP contribution in [0.2, 0.25) is 0 Å². The van der Waals surface area contributed by atoms with Crippen molar-refractivity contribution in [2.75, 3.05) is 0 Å². The summed E-state index contributed by atoms with van der Waals surface area (Å²) in [6.45, 7) is 0. The molecule has 0 spiro atoms. The molecule has 1 aliphatic rings. The van der Waals surface area contributed by atoms with Crippen LogP contribution < -0.4 is 0 Å². The van der Waals surface area contributed by atoms with Crippen molar-refractivity contribution < 1.29 is 13.9 Å². The number of hydrogen-bond acceptors (Lipinski definition) is 1. The highest BCUT2D eigenvalue weighted by molar-refractivity contribution is 5.22. The largest absolute Gasteiger partial charge is 0.388 e. The minimum Gasteiger partial charge on any atom is -0.388 e. The lowest BCUT2D eigenvalue weighted by molar-refractivity contribution is 0.104. The quantitative estimate of drug-likeness (QED) is 0.798. The van der Waals surface area contributed by atoms with E-state index in [0.717, 1.165) is 25.7 Å². The summed E-state index contributed by atoms with van der Waals surface area (Å²) in [5.74, 6) is -1.28. The minimum atomic E-state index is -0.992. The van der Waals surface area contributed by atoms with Crippen molar-refractivity contribution in [2.24, 2.45) is 5.92 Å². The second-order valence-electron chi connectivity index (χ2n) is 4.12. The number of aliphatic hydroxyl groups is 1. The van der Waals surface area contributed by atoms with Crippen LogP contribution in [0.1, 0.15) is 37.4 Å². The summed E-state index contributed by atoms with van der Waals surface area (Å²) in [6.07, 6.45) is 2.80. The smallest absolute Gasteiger partial charge is 0.131 e. The van der Waals surface area contributed by atoms with Gasteiger partial charge in [-0.15, -0.1) is 0 Å². The molecule has 3 heteroatoms. The summed E-state index contributed by atoms with van der Waals surface area (Å²) in [4.78, 5) is 0. The van der Waals surface area contributed by atoms with Gasteiger partial charge in [0.1, 0.15) is 11.6 Å². The first-order valence-electron chi connectivity index (χ1n) is 5.32. The molecule has 1 aliphatic carbocycles. The Hall–Kier alpha value is -0.960. The summed E-state index contributed by atoms with van der Waals surface area (Å²) in [6, 6.07) is 3.70. The average Bonchev–Trinajstić information content (AvgIpc) is 2.69. The van der Waals surface area contributed by atoms with Crippen molar-refractivity contribution in [3.63, 3.8) is 0 Å². The van der Waals surface area contributed by atoms with Gasteiger partial charge in [-0.25, -0.2) is 8.78 Å². The van der Waals surface area contributed by atoms with Crippen LogP contribution in [-0.2, 0) is 0 Å². The van der Waals surface area contributed by atoms with Crippen molar-refractivity contribution in [2.45, 2.75) is 31.8 Å². The van der Waals surface area contributed by atoms with E-state index in [2.05, 4.69) is 0 Å². The Balaban J connectivity index is 2.27. The van der Waals surface area contributed by atoms with Crippen LogP contribution in [0.5, 0.6) is 0 Å². The molecule has 0 unspecified atom stereocenters. The van der Waals surface area contributed by atoms with E-state index < -0.39 is 17.7 Å².